The third-order valence-electron chi connectivity index (χ3n) is 4.94. The van der Waals surface area contributed by atoms with Crippen LogP contribution < -0.4 is 10.4 Å². The molecule has 7 nitrogen and oxygen atoms in total. The van der Waals surface area contributed by atoms with Gasteiger partial charge in [0.25, 0.3) is 0 Å². The number of rotatable bonds is 0. The number of fused-ring (bicyclic) bond motifs is 2. The summed E-state index contributed by atoms with van der Waals surface area (Å²) in [6.07, 6.45) is 5.35. The van der Waals surface area contributed by atoms with Crippen molar-refractivity contribution < 1.29 is 4.74 Å². The van der Waals surface area contributed by atoms with E-state index in [1.807, 2.05) is 18.3 Å². The van der Waals surface area contributed by atoms with E-state index in [2.05, 4.69) is 21.9 Å². The molecule has 7 heteroatoms. The molecule has 5 heterocycles. The van der Waals surface area contributed by atoms with Crippen LogP contribution in [0.1, 0.15) is 31.2 Å². The van der Waals surface area contributed by atoms with Gasteiger partial charge in [0, 0.05) is 18.5 Å². The highest BCUT2D eigenvalue weighted by Crippen LogP contribution is 2.30. The molecule has 130 valence electrons. The fourth-order valence-electron chi connectivity index (χ4n) is 3.62. The summed E-state index contributed by atoms with van der Waals surface area (Å²) in [6.45, 7) is 2.77. The van der Waals surface area contributed by atoms with Crippen LogP contribution in [0.3, 0.4) is 0 Å². The normalized spacial score (nSPS) is 17.0. The highest BCUT2D eigenvalue weighted by Gasteiger charge is 2.19. The van der Waals surface area contributed by atoms with E-state index in [4.69, 9.17) is 9.72 Å². The minimum absolute atomic E-state index is 0.286. The van der Waals surface area contributed by atoms with Crippen molar-refractivity contribution in [2.24, 2.45) is 0 Å². The fourth-order valence-corrected chi connectivity index (χ4v) is 3.62. The van der Waals surface area contributed by atoms with Crippen LogP contribution in [0.2, 0.25) is 0 Å². The van der Waals surface area contributed by atoms with Crippen molar-refractivity contribution in [2.45, 2.75) is 25.7 Å². The average Bonchev–Trinajstić information content (AvgIpc) is 2.99. The third-order valence-corrected chi connectivity index (χ3v) is 4.94. The van der Waals surface area contributed by atoms with Gasteiger partial charge in [-0.25, -0.2) is 19.3 Å². The molecule has 0 spiro atoms. The zero-order valence-electron chi connectivity index (χ0n) is 14.3. The van der Waals surface area contributed by atoms with Crippen molar-refractivity contribution in [3.8, 4) is 11.6 Å². The second kappa shape index (κ2) is 5.66. The second-order valence-electron chi connectivity index (χ2n) is 6.60. The van der Waals surface area contributed by atoms with Crippen LogP contribution in [0.4, 0.5) is 0 Å². The van der Waals surface area contributed by atoms with Crippen LogP contribution in [-0.4, -0.2) is 31.1 Å². The van der Waals surface area contributed by atoms with Gasteiger partial charge >= 0.3 is 5.69 Å². The van der Waals surface area contributed by atoms with E-state index >= 15 is 0 Å². The largest absolute Gasteiger partial charge is 0.491 e. The predicted octanol–water partition coefficient (Wildman–Crippen LogP) is 2.93. The summed E-state index contributed by atoms with van der Waals surface area (Å²) < 4.78 is 7.51. The van der Waals surface area contributed by atoms with Crippen molar-refractivity contribution in [1.82, 2.24) is 24.5 Å². The van der Waals surface area contributed by atoms with Crippen molar-refractivity contribution >= 4 is 22.2 Å². The van der Waals surface area contributed by atoms with Gasteiger partial charge in [-0.15, -0.1) is 0 Å². The molecule has 1 aliphatic heterocycles. The second-order valence-corrected chi connectivity index (χ2v) is 6.60. The number of aromatic amines is 1. The molecular formula is C19H17N5O2. The topological polar surface area (TPSA) is 85.7 Å². The van der Waals surface area contributed by atoms with Gasteiger partial charge in [0.15, 0.2) is 5.65 Å². The van der Waals surface area contributed by atoms with Gasteiger partial charge in [-0.1, -0.05) is 6.92 Å². The molecule has 0 saturated carbocycles. The van der Waals surface area contributed by atoms with E-state index in [1.54, 1.807) is 18.3 Å². The quantitative estimate of drug-likeness (QED) is 0.528. The summed E-state index contributed by atoms with van der Waals surface area (Å²) in [5.41, 5.74) is 3.63. The van der Waals surface area contributed by atoms with E-state index in [0.29, 0.717) is 35.3 Å². The molecule has 1 aliphatic rings. The SMILES string of the molecule is CC1CCCOc2ccnc3[nH]c(=O)n(c23)-c2ccc3nccc1c3n2. The number of nitrogens with one attached hydrogen (secondary N) is 1. The molecule has 2 bridgehead atoms. The lowest BCUT2D eigenvalue weighted by Crippen LogP contribution is -2.17. The Hall–Kier alpha value is -3.22. The summed E-state index contributed by atoms with van der Waals surface area (Å²) in [4.78, 5) is 28.9. The van der Waals surface area contributed by atoms with Crippen LogP contribution in [0.5, 0.6) is 5.75 Å². The van der Waals surface area contributed by atoms with E-state index in [1.165, 1.54) is 4.57 Å². The van der Waals surface area contributed by atoms with E-state index < -0.39 is 0 Å². The Morgan fingerprint density at radius 2 is 2.08 bits per heavy atom. The number of H-pyrrole nitrogens is 1. The Labute approximate surface area is 148 Å². The van der Waals surface area contributed by atoms with E-state index in [-0.39, 0.29) is 5.69 Å². The lowest BCUT2D eigenvalue weighted by atomic mass is 9.95. The molecule has 0 fully saturated rings. The highest BCUT2D eigenvalue weighted by atomic mass is 16.5. The van der Waals surface area contributed by atoms with Gasteiger partial charge in [-0.3, -0.25) is 9.97 Å². The minimum Gasteiger partial charge on any atom is -0.491 e. The van der Waals surface area contributed by atoms with Gasteiger partial charge in [-0.2, -0.15) is 0 Å². The van der Waals surface area contributed by atoms with Gasteiger partial charge in [-0.05, 0) is 42.5 Å². The van der Waals surface area contributed by atoms with Gasteiger partial charge in [0.2, 0.25) is 0 Å². The maximum Gasteiger partial charge on any atom is 0.333 e. The highest BCUT2D eigenvalue weighted by molar-refractivity contribution is 5.82. The molecule has 26 heavy (non-hydrogen) atoms. The smallest absolute Gasteiger partial charge is 0.333 e. The van der Waals surface area contributed by atoms with Crippen LogP contribution in [0, 0.1) is 0 Å². The summed E-state index contributed by atoms with van der Waals surface area (Å²) in [5, 5.41) is 0. The van der Waals surface area contributed by atoms with E-state index in [0.717, 1.165) is 29.4 Å². The first kappa shape index (κ1) is 15.1. The lowest BCUT2D eigenvalue weighted by molar-refractivity contribution is 0.305. The first-order chi connectivity index (χ1) is 12.7. The Bertz CT molecular complexity index is 1190. The van der Waals surface area contributed by atoms with Crippen molar-refractivity contribution in [3.63, 3.8) is 0 Å². The van der Waals surface area contributed by atoms with Crippen LogP contribution in [-0.2, 0) is 0 Å². The first-order valence-corrected chi connectivity index (χ1v) is 8.71. The Morgan fingerprint density at radius 1 is 1.19 bits per heavy atom. The zero-order chi connectivity index (χ0) is 17.7. The lowest BCUT2D eigenvalue weighted by Gasteiger charge is -2.16. The molecule has 0 aromatic carbocycles. The molecule has 0 aliphatic carbocycles. The number of pyridine rings is 3. The van der Waals surface area contributed by atoms with Crippen molar-refractivity contribution in [3.05, 3.63) is 52.7 Å². The van der Waals surface area contributed by atoms with Crippen LogP contribution in [0.25, 0.3) is 28.0 Å². The summed E-state index contributed by atoms with van der Waals surface area (Å²) in [5.74, 6) is 1.50. The summed E-state index contributed by atoms with van der Waals surface area (Å²) >= 11 is 0. The maximum absolute atomic E-state index is 12.6. The number of hydrogen-bond acceptors (Lipinski definition) is 5. The van der Waals surface area contributed by atoms with Crippen LogP contribution in [0.15, 0.2) is 41.5 Å². The molecule has 5 rings (SSSR count). The van der Waals surface area contributed by atoms with Crippen molar-refractivity contribution in [1.29, 1.82) is 0 Å². The fraction of sp³-hybridized carbons (Fsp3) is 0.263. The molecule has 1 unspecified atom stereocenters. The molecule has 1 N–H and O–H groups in total. The van der Waals surface area contributed by atoms with E-state index in [9.17, 15) is 4.79 Å². The molecule has 1 atom stereocenters. The number of nitrogens with zero attached hydrogens (tertiary/aromatic N) is 4. The average molecular weight is 347 g/mol. The number of aromatic nitrogens is 5. The molecule has 4 aromatic heterocycles. The van der Waals surface area contributed by atoms with Crippen molar-refractivity contribution in [2.75, 3.05) is 6.61 Å². The van der Waals surface area contributed by atoms with Gasteiger partial charge in [0.05, 0.1) is 17.6 Å². The molecule has 0 saturated heterocycles. The summed E-state index contributed by atoms with van der Waals surface area (Å²) in [7, 11) is 0. The molecule has 4 aromatic rings. The number of ether oxygens (including phenoxy) is 1. The predicted molar refractivity (Wildman–Crippen MR) is 97.9 cm³/mol. The number of hydrogen-bond donors (Lipinski definition) is 1. The Morgan fingerprint density at radius 3 is 3.00 bits per heavy atom. The standard InChI is InChI=1S/C19H17N5O2/c1-11-3-2-10-26-14-7-9-21-18-17(14)24(19(25)23-18)15-5-4-13-16(22-15)12(11)6-8-20-13/h4-9,11H,2-3,10H2,1H3,(H,21,23,25). The van der Waals surface area contributed by atoms with Crippen LogP contribution >= 0.6 is 0 Å². The minimum atomic E-state index is -0.286. The summed E-state index contributed by atoms with van der Waals surface area (Å²) in [6, 6.07) is 7.51. The molecule has 0 radical (unpaired) electrons. The van der Waals surface area contributed by atoms with Gasteiger partial charge < -0.3 is 4.74 Å². The monoisotopic (exact) mass is 347 g/mol. The zero-order valence-corrected chi connectivity index (χ0v) is 14.3. The number of imidazole rings is 1. The maximum atomic E-state index is 12.6. The molecule has 0 amide bonds. The Kier molecular flexibility index (Phi) is 3.28. The van der Waals surface area contributed by atoms with Gasteiger partial charge in [0.1, 0.15) is 17.1 Å². The Balaban J connectivity index is 1.89. The molecular weight excluding hydrogens is 330 g/mol. The first-order valence-electron chi connectivity index (χ1n) is 8.71. The third kappa shape index (κ3) is 2.20.